The van der Waals surface area contributed by atoms with Crippen LogP contribution in [0.15, 0.2) is 71.4 Å². The molecule has 0 aliphatic carbocycles. The SMILES string of the molecule is C=CCN(Cc1nc2scc(-c3ccc(OC)c(OC)c3)c2c(=O)[nH]1)CC(O)COc1ccccc1. The van der Waals surface area contributed by atoms with Crippen LogP contribution in [0.2, 0.25) is 0 Å². The van der Waals surface area contributed by atoms with E-state index in [9.17, 15) is 9.90 Å². The van der Waals surface area contributed by atoms with Gasteiger partial charge in [0.2, 0.25) is 0 Å². The van der Waals surface area contributed by atoms with Crippen LogP contribution in [0.4, 0.5) is 0 Å². The third-order valence-electron chi connectivity index (χ3n) is 5.60. The van der Waals surface area contributed by atoms with Crippen molar-refractivity contribution in [1.82, 2.24) is 14.9 Å². The van der Waals surface area contributed by atoms with Crippen molar-refractivity contribution in [1.29, 1.82) is 0 Å². The molecule has 36 heavy (non-hydrogen) atoms. The molecule has 0 aliphatic rings. The van der Waals surface area contributed by atoms with Crippen LogP contribution in [0, 0.1) is 0 Å². The van der Waals surface area contributed by atoms with E-state index in [4.69, 9.17) is 19.2 Å². The number of para-hydroxylation sites is 1. The second-order valence-corrected chi connectivity index (χ2v) is 9.03. The number of aliphatic hydroxyl groups is 1. The van der Waals surface area contributed by atoms with Crippen molar-refractivity contribution < 1.29 is 19.3 Å². The van der Waals surface area contributed by atoms with Gasteiger partial charge in [-0.25, -0.2) is 4.98 Å². The number of fused-ring (bicyclic) bond motifs is 1. The fraction of sp³-hybridized carbons (Fsp3) is 0.259. The van der Waals surface area contributed by atoms with Gasteiger partial charge in [0.05, 0.1) is 26.2 Å². The summed E-state index contributed by atoms with van der Waals surface area (Å²) in [5, 5.41) is 13.0. The predicted molar refractivity (Wildman–Crippen MR) is 142 cm³/mol. The van der Waals surface area contributed by atoms with Gasteiger partial charge in [-0.2, -0.15) is 0 Å². The van der Waals surface area contributed by atoms with Crippen molar-refractivity contribution >= 4 is 21.6 Å². The number of nitrogens with one attached hydrogen (secondary N) is 1. The molecule has 0 bridgehead atoms. The van der Waals surface area contributed by atoms with Gasteiger partial charge in [-0.3, -0.25) is 9.69 Å². The van der Waals surface area contributed by atoms with Gasteiger partial charge in [-0.1, -0.05) is 30.3 Å². The number of aromatic nitrogens is 2. The summed E-state index contributed by atoms with van der Waals surface area (Å²) in [5.41, 5.74) is 1.41. The highest BCUT2D eigenvalue weighted by molar-refractivity contribution is 7.17. The minimum absolute atomic E-state index is 0.153. The number of ether oxygens (including phenoxy) is 3. The molecule has 1 unspecified atom stereocenters. The molecule has 2 aromatic heterocycles. The lowest BCUT2D eigenvalue weighted by Crippen LogP contribution is -2.36. The Morgan fingerprint density at radius 1 is 1.17 bits per heavy atom. The number of aromatic amines is 1. The molecule has 0 spiro atoms. The van der Waals surface area contributed by atoms with Crippen molar-refractivity contribution in [2.45, 2.75) is 12.6 Å². The summed E-state index contributed by atoms with van der Waals surface area (Å²) in [6, 6.07) is 14.9. The molecule has 4 rings (SSSR count). The van der Waals surface area contributed by atoms with E-state index < -0.39 is 6.10 Å². The first-order valence-corrected chi connectivity index (χ1v) is 12.3. The second-order valence-electron chi connectivity index (χ2n) is 8.17. The fourth-order valence-corrected chi connectivity index (χ4v) is 4.91. The Morgan fingerprint density at radius 2 is 1.94 bits per heavy atom. The van der Waals surface area contributed by atoms with Gasteiger partial charge in [0.1, 0.15) is 29.1 Å². The zero-order valence-corrected chi connectivity index (χ0v) is 21.1. The van der Waals surface area contributed by atoms with Crippen molar-refractivity contribution in [3.63, 3.8) is 0 Å². The number of rotatable bonds is 12. The van der Waals surface area contributed by atoms with Gasteiger partial charge in [0.25, 0.3) is 5.56 Å². The fourth-order valence-electron chi connectivity index (χ4n) is 3.94. The van der Waals surface area contributed by atoms with Gasteiger partial charge in [-0.15, -0.1) is 17.9 Å². The van der Waals surface area contributed by atoms with E-state index in [0.29, 0.717) is 52.9 Å². The molecule has 0 saturated carbocycles. The van der Waals surface area contributed by atoms with Gasteiger partial charge in [-0.05, 0) is 29.8 Å². The van der Waals surface area contributed by atoms with Crippen molar-refractivity contribution in [2.24, 2.45) is 0 Å². The molecule has 8 nitrogen and oxygen atoms in total. The van der Waals surface area contributed by atoms with Crippen LogP contribution in [0.3, 0.4) is 0 Å². The maximum absolute atomic E-state index is 13.1. The van der Waals surface area contributed by atoms with Gasteiger partial charge >= 0.3 is 0 Å². The Bertz CT molecular complexity index is 1370. The molecule has 2 heterocycles. The van der Waals surface area contributed by atoms with Crippen LogP contribution in [0.5, 0.6) is 17.2 Å². The Morgan fingerprint density at radius 3 is 2.67 bits per heavy atom. The summed E-state index contributed by atoms with van der Waals surface area (Å²) in [6.45, 7) is 5.17. The second kappa shape index (κ2) is 11.9. The Kier molecular flexibility index (Phi) is 8.37. The van der Waals surface area contributed by atoms with Crippen LogP contribution < -0.4 is 19.8 Å². The molecule has 2 aromatic carbocycles. The molecular weight excluding hydrogens is 478 g/mol. The monoisotopic (exact) mass is 507 g/mol. The quantitative estimate of drug-likeness (QED) is 0.279. The normalized spacial score (nSPS) is 12.0. The average molecular weight is 508 g/mol. The number of nitrogens with zero attached hydrogens (tertiary/aromatic N) is 2. The molecule has 0 aliphatic heterocycles. The lowest BCUT2D eigenvalue weighted by molar-refractivity contribution is 0.0689. The lowest BCUT2D eigenvalue weighted by atomic mass is 10.1. The molecule has 0 fully saturated rings. The zero-order valence-electron chi connectivity index (χ0n) is 20.3. The van der Waals surface area contributed by atoms with Gasteiger partial charge in [0.15, 0.2) is 11.5 Å². The number of thiophene rings is 1. The van der Waals surface area contributed by atoms with Gasteiger partial charge < -0.3 is 24.3 Å². The van der Waals surface area contributed by atoms with Crippen molar-refractivity contribution in [3.05, 3.63) is 82.7 Å². The molecular formula is C27H29N3O5S. The summed E-state index contributed by atoms with van der Waals surface area (Å²) < 4.78 is 16.4. The first-order valence-electron chi connectivity index (χ1n) is 11.4. The molecule has 0 saturated heterocycles. The summed E-state index contributed by atoms with van der Waals surface area (Å²) in [6.07, 6.45) is 1.03. The molecule has 0 amide bonds. The third-order valence-corrected chi connectivity index (χ3v) is 6.47. The topological polar surface area (TPSA) is 96.9 Å². The molecule has 2 N–H and O–H groups in total. The molecule has 9 heteroatoms. The minimum Gasteiger partial charge on any atom is -0.493 e. The van der Waals surface area contributed by atoms with Crippen LogP contribution in [0.1, 0.15) is 5.82 Å². The standard InChI is InChI=1S/C27H29N3O5S/c1-4-12-30(14-19(31)16-35-20-8-6-5-7-9-20)15-24-28-26(32)25-21(17-36-27(25)29-24)18-10-11-22(33-2)23(13-18)34-3/h4-11,13,17,19,31H,1,12,14-16H2,2-3H3,(H,28,29,32). The number of hydrogen-bond acceptors (Lipinski definition) is 8. The molecule has 188 valence electrons. The van der Waals surface area contributed by atoms with E-state index in [1.54, 1.807) is 20.3 Å². The van der Waals surface area contributed by atoms with Crippen LogP contribution in [-0.2, 0) is 6.54 Å². The van der Waals surface area contributed by atoms with E-state index in [1.165, 1.54) is 11.3 Å². The van der Waals surface area contributed by atoms with E-state index in [-0.39, 0.29) is 12.2 Å². The number of aliphatic hydroxyl groups excluding tert-OH is 1. The zero-order chi connectivity index (χ0) is 25.5. The van der Waals surface area contributed by atoms with Gasteiger partial charge in [0, 0.05) is 24.0 Å². The maximum atomic E-state index is 13.1. The third kappa shape index (κ3) is 5.93. The van der Waals surface area contributed by atoms with Crippen LogP contribution in [-0.4, -0.2) is 60.0 Å². The summed E-state index contributed by atoms with van der Waals surface area (Å²) >= 11 is 1.41. The maximum Gasteiger partial charge on any atom is 0.260 e. The summed E-state index contributed by atoms with van der Waals surface area (Å²) in [4.78, 5) is 23.3. The Balaban J connectivity index is 1.51. The number of hydrogen-bond donors (Lipinski definition) is 2. The van der Waals surface area contributed by atoms with E-state index >= 15 is 0 Å². The van der Waals surface area contributed by atoms with E-state index in [1.807, 2.05) is 58.8 Å². The minimum atomic E-state index is -0.723. The lowest BCUT2D eigenvalue weighted by Gasteiger charge is -2.23. The average Bonchev–Trinajstić information content (AvgIpc) is 3.32. The van der Waals surface area contributed by atoms with Crippen molar-refractivity contribution in [3.8, 4) is 28.4 Å². The smallest absolute Gasteiger partial charge is 0.260 e. The molecule has 0 radical (unpaired) electrons. The van der Waals surface area contributed by atoms with E-state index in [2.05, 4.69) is 11.6 Å². The number of benzene rings is 2. The number of H-pyrrole nitrogens is 1. The summed E-state index contributed by atoms with van der Waals surface area (Å²) in [5.74, 6) is 2.43. The Labute approximate surface area is 213 Å². The highest BCUT2D eigenvalue weighted by Gasteiger charge is 2.17. The largest absolute Gasteiger partial charge is 0.493 e. The number of methoxy groups -OCH3 is 2. The van der Waals surface area contributed by atoms with Crippen LogP contribution in [0.25, 0.3) is 21.3 Å². The highest BCUT2D eigenvalue weighted by atomic mass is 32.1. The Hall–Kier alpha value is -3.66. The first-order chi connectivity index (χ1) is 17.5. The summed E-state index contributed by atoms with van der Waals surface area (Å²) in [7, 11) is 3.16. The first kappa shape index (κ1) is 25.4. The highest BCUT2D eigenvalue weighted by Crippen LogP contribution is 2.36. The predicted octanol–water partition coefficient (Wildman–Crippen LogP) is 4.10. The molecule has 1 atom stereocenters. The van der Waals surface area contributed by atoms with Crippen molar-refractivity contribution in [2.75, 3.05) is 33.9 Å². The molecule has 4 aromatic rings. The van der Waals surface area contributed by atoms with E-state index in [0.717, 1.165) is 11.1 Å². The van der Waals surface area contributed by atoms with Crippen LogP contribution >= 0.6 is 11.3 Å².